The van der Waals surface area contributed by atoms with Crippen LogP contribution in [0.4, 0.5) is 23.0 Å². The molecule has 0 aliphatic carbocycles. The predicted octanol–water partition coefficient (Wildman–Crippen LogP) is 5.50. The molecule has 1 N–H and O–H groups in total. The second-order valence-corrected chi connectivity index (χ2v) is 9.43. The van der Waals surface area contributed by atoms with Gasteiger partial charge < -0.3 is 19.7 Å². The predicted molar refractivity (Wildman–Crippen MR) is 147 cm³/mol. The number of nitro groups is 1. The van der Waals surface area contributed by atoms with Gasteiger partial charge in [0.25, 0.3) is 5.69 Å². The molecule has 9 nitrogen and oxygen atoms in total. The number of anilines is 3. The van der Waals surface area contributed by atoms with Crippen LogP contribution >= 0.6 is 11.6 Å². The van der Waals surface area contributed by atoms with Crippen molar-refractivity contribution in [1.82, 2.24) is 19.4 Å². The monoisotopic (exact) mass is 507 g/mol. The summed E-state index contributed by atoms with van der Waals surface area (Å²) in [6.45, 7) is 3.46. The van der Waals surface area contributed by atoms with Crippen LogP contribution in [-0.4, -0.2) is 58.6 Å². The first kappa shape index (κ1) is 25.4. The van der Waals surface area contributed by atoms with Gasteiger partial charge in [0.05, 0.1) is 27.5 Å². The minimum absolute atomic E-state index is 0.0270. The standard InChI is InChI=1S/C26H30ClN7O2/c1-6-17-13-23(32(4)12-11-31(2)3)24(34(35)36)14-21(17)29-26-28-15-20(27)25(30-26)19-16-33(5)22-10-8-7-9-18(19)22/h7-10,13-16H,6,11-12H2,1-5H3,(H,28,29,30). The molecule has 0 aliphatic heterocycles. The van der Waals surface area contributed by atoms with Crippen LogP contribution in [0.5, 0.6) is 0 Å². The van der Waals surface area contributed by atoms with Gasteiger partial charge in [-0.1, -0.05) is 36.7 Å². The van der Waals surface area contributed by atoms with Gasteiger partial charge in [-0.25, -0.2) is 9.97 Å². The third-order valence-corrected chi connectivity index (χ3v) is 6.49. The number of aromatic nitrogens is 3. The summed E-state index contributed by atoms with van der Waals surface area (Å²) in [5.74, 6) is 0.319. The molecule has 188 valence electrons. The molecule has 36 heavy (non-hydrogen) atoms. The molecule has 2 aromatic heterocycles. The van der Waals surface area contributed by atoms with E-state index in [1.54, 1.807) is 12.3 Å². The molecule has 10 heteroatoms. The highest BCUT2D eigenvalue weighted by atomic mass is 35.5. The minimum Gasteiger partial charge on any atom is -0.368 e. The van der Waals surface area contributed by atoms with E-state index < -0.39 is 0 Å². The van der Waals surface area contributed by atoms with Crippen molar-refractivity contribution in [2.45, 2.75) is 13.3 Å². The van der Waals surface area contributed by atoms with Gasteiger partial charge in [-0.2, -0.15) is 0 Å². The molecular weight excluding hydrogens is 478 g/mol. The van der Waals surface area contributed by atoms with Gasteiger partial charge in [-0.05, 0) is 38.2 Å². The molecule has 0 radical (unpaired) electrons. The Morgan fingerprint density at radius 3 is 2.61 bits per heavy atom. The molecule has 0 unspecified atom stereocenters. The zero-order valence-corrected chi connectivity index (χ0v) is 21.9. The van der Waals surface area contributed by atoms with Crippen LogP contribution in [0, 0.1) is 10.1 Å². The maximum absolute atomic E-state index is 12.0. The summed E-state index contributed by atoms with van der Waals surface area (Å²) < 4.78 is 2.03. The molecule has 0 amide bonds. The molecule has 0 atom stereocenters. The van der Waals surface area contributed by atoms with Crippen LogP contribution in [-0.2, 0) is 13.5 Å². The summed E-state index contributed by atoms with van der Waals surface area (Å²) in [6.07, 6.45) is 4.22. The maximum atomic E-state index is 12.0. The Bertz CT molecular complexity index is 1420. The molecule has 2 heterocycles. The Morgan fingerprint density at radius 1 is 1.17 bits per heavy atom. The number of fused-ring (bicyclic) bond motifs is 1. The average molecular weight is 508 g/mol. The van der Waals surface area contributed by atoms with Gasteiger partial charge in [0, 0.05) is 55.9 Å². The number of nitrogens with one attached hydrogen (secondary N) is 1. The summed E-state index contributed by atoms with van der Waals surface area (Å²) in [7, 11) is 7.80. The molecule has 2 aromatic carbocycles. The molecule has 0 spiro atoms. The van der Waals surface area contributed by atoms with Crippen molar-refractivity contribution in [3.63, 3.8) is 0 Å². The Balaban J connectivity index is 1.73. The van der Waals surface area contributed by atoms with Crippen LogP contribution in [0.3, 0.4) is 0 Å². The number of rotatable bonds is 9. The van der Waals surface area contributed by atoms with Crippen LogP contribution in [0.1, 0.15) is 12.5 Å². The largest absolute Gasteiger partial charge is 0.368 e. The van der Waals surface area contributed by atoms with Crippen molar-refractivity contribution >= 4 is 45.5 Å². The number of para-hydroxylation sites is 1. The molecule has 0 bridgehead atoms. The Morgan fingerprint density at radius 2 is 1.92 bits per heavy atom. The number of likely N-dealkylation sites (N-methyl/N-ethyl adjacent to an activating group) is 2. The molecule has 0 saturated heterocycles. The molecule has 0 fully saturated rings. The topological polar surface area (TPSA) is 92.4 Å². The molecule has 0 saturated carbocycles. The Hall–Kier alpha value is -3.69. The lowest BCUT2D eigenvalue weighted by Crippen LogP contribution is -2.29. The van der Waals surface area contributed by atoms with E-state index in [9.17, 15) is 10.1 Å². The summed E-state index contributed by atoms with van der Waals surface area (Å²) in [5, 5.41) is 16.6. The van der Waals surface area contributed by atoms with E-state index in [0.717, 1.165) is 28.6 Å². The van der Waals surface area contributed by atoms with Crippen molar-refractivity contribution in [3.05, 3.63) is 69.5 Å². The molecule has 4 aromatic rings. The first-order valence-corrected chi connectivity index (χ1v) is 12.1. The van der Waals surface area contributed by atoms with Gasteiger partial charge in [0.15, 0.2) is 0 Å². The van der Waals surface area contributed by atoms with Gasteiger partial charge in [-0.3, -0.25) is 10.1 Å². The highest BCUT2D eigenvalue weighted by Gasteiger charge is 2.22. The van der Waals surface area contributed by atoms with Crippen LogP contribution < -0.4 is 10.2 Å². The zero-order valence-electron chi connectivity index (χ0n) is 21.1. The normalized spacial score (nSPS) is 11.3. The average Bonchev–Trinajstić information content (AvgIpc) is 3.19. The third kappa shape index (κ3) is 5.12. The Kier molecular flexibility index (Phi) is 7.42. The maximum Gasteiger partial charge on any atom is 0.294 e. The summed E-state index contributed by atoms with van der Waals surface area (Å²) in [4.78, 5) is 24.6. The lowest BCUT2D eigenvalue weighted by Gasteiger charge is -2.23. The molecular formula is C26H30ClN7O2. The van der Waals surface area contributed by atoms with Crippen molar-refractivity contribution < 1.29 is 4.92 Å². The van der Waals surface area contributed by atoms with E-state index >= 15 is 0 Å². The van der Waals surface area contributed by atoms with Gasteiger partial charge >= 0.3 is 0 Å². The fourth-order valence-electron chi connectivity index (χ4n) is 4.22. The third-order valence-electron chi connectivity index (χ3n) is 6.21. The zero-order chi connectivity index (χ0) is 26.0. The summed E-state index contributed by atoms with van der Waals surface area (Å²) in [5.41, 5.74) is 4.69. The second kappa shape index (κ2) is 10.5. The van der Waals surface area contributed by atoms with Crippen LogP contribution in [0.25, 0.3) is 22.2 Å². The first-order chi connectivity index (χ1) is 17.2. The number of hydrogen-bond donors (Lipinski definition) is 1. The number of nitrogens with zero attached hydrogens (tertiary/aromatic N) is 6. The van der Waals surface area contributed by atoms with E-state index in [1.807, 2.05) is 86.0 Å². The lowest BCUT2D eigenvalue weighted by molar-refractivity contribution is -0.384. The van der Waals surface area contributed by atoms with Gasteiger partial charge in [-0.15, -0.1) is 0 Å². The quantitative estimate of drug-likeness (QED) is 0.236. The van der Waals surface area contributed by atoms with E-state index in [2.05, 4.69) is 10.3 Å². The number of halogens is 1. The number of hydrogen-bond acceptors (Lipinski definition) is 7. The van der Waals surface area contributed by atoms with Gasteiger partial charge in [0.1, 0.15) is 5.69 Å². The SMILES string of the molecule is CCc1cc(N(C)CCN(C)C)c([N+](=O)[O-])cc1Nc1ncc(Cl)c(-c2cn(C)c3ccccc23)n1. The minimum atomic E-state index is -0.351. The van der Waals surface area contributed by atoms with E-state index in [0.29, 0.717) is 41.0 Å². The first-order valence-electron chi connectivity index (χ1n) is 11.7. The second-order valence-electron chi connectivity index (χ2n) is 9.02. The van der Waals surface area contributed by atoms with Crippen molar-refractivity contribution in [2.75, 3.05) is 44.4 Å². The highest BCUT2D eigenvalue weighted by molar-refractivity contribution is 6.33. The number of benzene rings is 2. The fourth-order valence-corrected chi connectivity index (χ4v) is 4.41. The fraction of sp³-hybridized carbons (Fsp3) is 0.308. The van der Waals surface area contributed by atoms with Crippen molar-refractivity contribution in [3.8, 4) is 11.3 Å². The summed E-state index contributed by atoms with van der Waals surface area (Å²) >= 11 is 6.52. The number of aryl methyl sites for hydroxylation is 2. The van der Waals surface area contributed by atoms with E-state index in [4.69, 9.17) is 16.6 Å². The molecule has 4 rings (SSSR count). The van der Waals surface area contributed by atoms with Gasteiger partial charge in [0.2, 0.25) is 5.95 Å². The van der Waals surface area contributed by atoms with Crippen LogP contribution in [0.15, 0.2) is 48.8 Å². The van der Waals surface area contributed by atoms with Crippen LogP contribution in [0.2, 0.25) is 5.02 Å². The van der Waals surface area contributed by atoms with E-state index in [1.165, 1.54) is 0 Å². The van der Waals surface area contributed by atoms with E-state index in [-0.39, 0.29) is 10.6 Å². The smallest absolute Gasteiger partial charge is 0.294 e. The highest BCUT2D eigenvalue weighted by Crippen LogP contribution is 2.37. The summed E-state index contributed by atoms with van der Waals surface area (Å²) in [6, 6.07) is 11.5. The Labute approximate surface area is 215 Å². The van der Waals surface area contributed by atoms with Crippen molar-refractivity contribution in [2.24, 2.45) is 7.05 Å². The lowest BCUT2D eigenvalue weighted by atomic mass is 10.1. The van der Waals surface area contributed by atoms with Crippen molar-refractivity contribution in [1.29, 1.82) is 0 Å². The number of nitro benzene ring substituents is 1. The molecule has 0 aliphatic rings.